The molecule has 4 heteroatoms. The molecule has 0 aromatic heterocycles. The monoisotopic (exact) mass is 325 g/mol. The molecule has 0 radical (unpaired) electrons. The Morgan fingerprint density at radius 1 is 1.13 bits per heavy atom. The minimum Gasteiger partial charge on any atom is -0.464 e. The largest absolute Gasteiger partial charge is 0.464 e. The smallest absolute Gasteiger partial charge is 0.335 e. The molecule has 2 aromatic carbocycles. The normalized spacial score (nSPS) is 20.1. The Labute approximate surface area is 140 Å². The van der Waals surface area contributed by atoms with E-state index in [1.54, 1.807) is 11.8 Å². The molecule has 2 aromatic rings. The molecule has 0 amide bonds. The van der Waals surface area contributed by atoms with Crippen LogP contribution >= 0.6 is 11.8 Å². The highest BCUT2D eigenvalue weighted by Crippen LogP contribution is 2.35. The van der Waals surface area contributed by atoms with Crippen LogP contribution in [0.4, 0.5) is 0 Å². The summed E-state index contributed by atoms with van der Waals surface area (Å²) in [4.78, 5) is 17.4. The van der Waals surface area contributed by atoms with Crippen LogP contribution in [0.1, 0.15) is 18.1 Å². The van der Waals surface area contributed by atoms with Gasteiger partial charge in [-0.25, -0.2) is 4.79 Å². The Morgan fingerprint density at radius 3 is 2.43 bits per heavy atom. The second-order valence-electron chi connectivity index (χ2n) is 5.49. The van der Waals surface area contributed by atoms with Gasteiger partial charge in [0, 0.05) is 17.7 Å². The zero-order valence-corrected chi connectivity index (χ0v) is 13.9. The van der Waals surface area contributed by atoms with E-state index >= 15 is 0 Å². The summed E-state index contributed by atoms with van der Waals surface area (Å²) in [7, 11) is 0. The molecule has 0 spiro atoms. The van der Waals surface area contributed by atoms with Gasteiger partial charge < -0.3 is 4.74 Å². The topological polar surface area (TPSA) is 38.7 Å². The molecule has 0 saturated heterocycles. The van der Waals surface area contributed by atoms with Crippen LogP contribution < -0.4 is 0 Å². The molecule has 1 unspecified atom stereocenters. The van der Waals surface area contributed by atoms with Crippen molar-refractivity contribution in [2.24, 2.45) is 4.99 Å². The number of carbonyl (C=O) groups excluding carboxylic acids is 1. The molecule has 3 nitrogen and oxygen atoms in total. The lowest BCUT2D eigenvalue weighted by atomic mass is 9.93. The predicted molar refractivity (Wildman–Crippen MR) is 94.9 cm³/mol. The van der Waals surface area contributed by atoms with E-state index in [0.717, 1.165) is 16.2 Å². The highest BCUT2D eigenvalue weighted by molar-refractivity contribution is 8.14. The number of thioether (sulfide) groups is 1. The van der Waals surface area contributed by atoms with E-state index in [1.165, 1.54) is 0 Å². The molecule has 0 N–H and O–H groups in total. The highest BCUT2D eigenvalue weighted by Gasteiger charge is 2.44. The van der Waals surface area contributed by atoms with Crippen molar-refractivity contribution in [3.05, 3.63) is 71.8 Å². The maximum atomic E-state index is 12.6. The van der Waals surface area contributed by atoms with E-state index in [1.807, 2.05) is 67.6 Å². The molecule has 0 saturated carbocycles. The first-order valence-corrected chi connectivity index (χ1v) is 8.71. The predicted octanol–water partition coefficient (Wildman–Crippen LogP) is 3.72. The van der Waals surface area contributed by atoms with Crippen molar-refractivity contribution in [3.63, 3.8) is 0 Å². The number of rotatable bonds is 5. The van der Waals surface area contributed by atoms with Crippen molar-refractivity contribution in [2.45, 2.75) is 18.9 Å². The average Bonchev–Trinajstić information content (AvgIpc) is 3.02. The lowest BCUT2D eigenvalue weighted by Gasteiger charge is -2.23. The van der Waals surface area contributed by atoms with Gasteiger partial charge in [0.05, 0.1) is 11.7 Å². The van der Waals surface area contributed by atoms with E-state index in [4.69, 9.17) is 9.73 Å². The Hall–Kier alpha value is -2.07. The fraction of sp³-hybridized carbons (Fsp3) is 0.263. The summed E-state index contributed by atoms with van der Waals surface area (Å²) in [6.45, 7) is 2.20. The molecule has 118 valence electrons. The van der Waals surface area contributed by atoms with Crippen LogP contribution in [0.25, 0.3) is 0 Å². The van der Waals surface area contributed by atoms with Crippen molar-refractivity contribution in [2.75, 3.05) is 12.4 Å². The Bertz CT molecular complexity index is 700. The molecule has 0 fully saturated rings. The quantitative estimate of drug-likeness (QED) is 0.786. The summed E-state index contributed by atoms with van der Waals surface area (Å²) in [5.74, 6) is 0.382. The Balaban J connectivity index is 1.94. The number of hydrogen-bond donors (Lipinski definition) is 0. The summed E-state index contributed by atoms with van der Waals surface area (Å²) in [6, 6.07) is 20.0. The van der Waals surface area contributed by atoms with E-state index in [-0.39, 0.29) is 5.97 Å². The number of aliphatic imine (C=N–C) groups is 1. The van der Waals surface area contributed by atoms with Crippen molar-refractivity contribution < 1.29 is 9.53 Å². The summed E-state index contributed by atoms with van der Waals surface area (Å²) in [5, 5.41) is 0.912. The third kappa shape index (κ3) is 3.48. The van der Waals surface area contributed by atoms with Gasteiger partial charge in [0.15, 0.2) is 5.54 Å². The zero-order valence-electron chi connectivity index (χ0n) is 13.1. The first-order chi connectivity index (χ1) is 11.2. The lowest BCUT2D eigenvalue weighted by Crippen LogP contribution is -2.41. The van der Waals surface area contributed by atoms with Crippen molar-refractivity contribution in [1.29, 1.82) is 0 Å². The number of hydrogen-bond acceptors (Lipinski definition) is 4. The van der Waals surface area contributed by atoms with E-state index in [9.17, 15) is 4.79 Å². The van der Waals surface area contributed by atoms with Gasteiger partial charge in [0.1, 0.15) is 0 Å². The maximum absolute atomic E-state index is 12.6. The van der Waals surface area contributed by atoms with Crippen molar-refractivity contribution in [3.8, 4) is 0 Å². The van der Waals surface area contributed by atoms with Crippen LogP contribution in [0, 0.1) is 0 Å². The first kappa shape index (κ1) is 15.8. The molecule has 0 aliphatic carbocycles. The lowest BCUT2D eigenvalue weighted by molar-refractivity contribution is -0.148. The average molecular weight is 325 g/mol. The molecule has 3 rings (SSSR count). The summed E-state index contributed by atoms with van der Waals surface area (Å²) >= 11 is 1.63. The zero-order chi connectivity index (χ0) is 16.1. The van der Waals surface area contributed by atoms with E-state index in [2.05, 4.69) is 0 Å². The van der Waals surface area contributed by atoms with Gasteiger partial charge in [-0.05, 0) is 12.5 Å². The van der Waals surface area contributed by atoms with Crippen molar-refractivity contribution in [1.82, 2.24) is 0 Å². The fourth-order valence-electron chi connectivity index (χ4n) is 2.64. The number of carbonyl (C=O) groups is 1. The molecular weight excluding hydrogens is 306 g/mol. The minimum atomic E-state index is -0.826. The standard InChI is InChI=1S/C19H19NO2S/c1-2-22-18(21)19(13-15-9-5-3-6-10-15)14-23-17(20-19)16-11-7-4-8-12-16/h3-12H,2,13-14H2,1H3. The summed E-state index contributed by atoms with van der Waals surface area (Å²) < 4.78 is 5.33. The molecule has 1 atom stereocenters. The summed E-state index contributed by atoms with van der Waals surface area (Å²) in [5.41, 5.74) is 1.32. The van der Waals surface area contributed by atoms with Gasteiger partial charge in [-0.2, -0.15) is 0 Å². The van der Waals surface area contributed by atoms with Gasteiger partial charge in [-0.3, -0.25) is 4.99 Å². The fourth-order valence-corrected chi connectivity index (χ4v) is 3.84. The third-order valence-corrected chi connectivity index (χ3v) is 5.00. The second kappa shape index (κ2) is 7.01. The molecule has 0 bridgehead atoms. The van der Waals surface area contributed by atoms with Crippen LogP contribution in [-0.2, 0) is 16.0 Å². The van der Waals surface area contributed by atoms with Crippen LogP contribution in [0.3, 0.4) is 0 Å². The van der Waals surface area contributed by atoms with E-state index < -0.39 is 5.54 Å². The van der Waals surface area contributed by atoms with Gasteiger partial charge in [0.25, 0.3) is 0 Å². The molecular formula is C19H19NO2S. The van der Waals surface area contributed by atoms with E-state index in [0.29, 0.717) is 18.8 Å². The van der Waals surface area contributed by atoms with Crippen LogP contribution in [0.2, 0.25) is 0 Å². The van der Waals surface area contributed by atoms with Crippen LogP contribution in [0.15, 0.2) is 65.7 Å². The minimum absolute atomic E-state index is 0.234. The Kier molecular flexibility index (Phi) is 4.82. The second-order valence-corrected chi connectivity index (χ2v) is 6.45. The van der Waals surface area contributed by atoms with Gasteiger partial charge in [-0.1, -0.05) is 60.7 Å². The number of esters is 1. The summed E-state index contributed by atoms with van der Waals surface area (Å²) in [6.07, 6.45) is 0.565. The number of benzene rings is 2. The van der Waals surface area contributed by atoms with Crippen LogP contribution in [0.5, 0.6) is 0 Å². The Morgan fingerprint density at radius 2 is 1.78 bits per heavy atom. The molecule has 1 heterocycles. The number of ether oxygens (including phenoxy) is 1. The third-order valence-electron chi connectivity index (χ3n) is 3.78. The molecule has 23 heavy (non-hydrogen) atoms. The van der Waals surface area contributed by atoms with Gasteiger partial charge >= 0.3 is 5.97 Å². The molecule has 1 aliphatic heterocycles. The number of nitrogens with zero attached hydrogens (tertiary/aromatic N) is 1. The van der Waals surface area contributed by atoms with Gasteiger partial charge in [0.2, 0.25) is 0 Å². The first-order valence-electron chi connectivity index (χ1n) is 7.73. The van der Waals surface area contributed by atoms with Crippen LogP contribution in [-0.4, -0.2) is 28.9 Å². The molecule has 1 aliphatic rings. The maximum Gasteiger partial charge on any atom is 0.335 e. The SMILES string of the molecule is CCOC(=O)C1(Cc2ccccc2)CSC(c2ccccc2)=N1. The van der Waals surface area contributed by atoms with Gasteiger partial charge in [-0.15, -0.1) is 11.8 Å². The highest BCUT2D eigenvalue weighted by atomic mass is 32.2. The van der Waals surface area contributed by atoms with Crippen molar-refractivity contribution >= 4 is 22.8 Å².